The van der Waals surface area contributed by atoms with Gasteiger partial charge in [0, 0.05) is 13.1 Å². The average Bonchev–Trinajstić information content (AvgIpc) is 2.44. The summed E-state index contributed by atoms with van der Waals surface area (Å²) in [4.78, 5) is 14.5. The summed E-state index contributed by atoms with van der Waals surface area (Å²) in [5.41, 5.74) is -0.0976. The number of alkyl halides is 2. The second-order valence-corrected chi connectivity index (χ2v) is 4.17. The van der Waals surface area contributed by atoms with E-state index in [4.69, 9.17) is 4.74 Å². The van der Waals surface area contributed by atoms with Gasteiger partial charge < -0.3 is 15.4 Å². The Bertz CT molecular complexity index is 460. The molecular weight excluding hydrogens is 286 g/mol. The first kappa shape index (κ1) is 17.0. The highest BCUT2D eigenvalue weighted by atomic mass is 19.3. The zero-order chi connectivity index (χ0) is 15.7. The summed E-state index contributed by atoms with van der Waals surface area (Å²) in [6.45, 7) is 2.27. The van der Waals surface area contributed by atoms with Crippen molar-refractivity contribution in [2.24, 2.45) is 0 Å². The molecule has 0 unspecified atom stereocenters. The Morgan fingerprint density at radius 2 is 1.95 bits per heavy atom. The standard InChI is InChI=1S/C12H18F2N4O3/c1-2-3-15-11-6-9(18(19)20)7-12(17-11)16-4-5-21-8-10(13)14/h6-7,10H,2-5,8H2,1H3,(H2,15,16,17). The largest absolute Gasteiger partial charge is 0.374 e. The number of aromatic nitrogens is 1. The molecule has 0 fully saturated rings. The van der Waals surface area contributed by atoms with Crippen molar-refractivity contribution in [3.8, 4) is 0 Å². The Balaban J connectivity index is 2.58. The lowest BCUT2D eigenvalue weighted by atomic mass is 10.3. The number of ether oxygens (including phenoxy) is 1. The van der Waals surface area contributed by atoms with E-state index in [0.717, 1.165) is 6.42 Å². The van der Waals surface area contributed by atoms with Gasteiger partial charge in [0.1, 0.15) is 18.2 Å². The Kier molecular flexibility index (Phi) is 7.30. The van der Waals surface area contributed by atoms with Gasteiger partial charge in [-0.05, 0) is 6.42 Å². The van der Waals surface area contributed by atoms with Crippen LogP contribution in [0.15, 0.2) is 12.1 Å². The van der Waals surface area contributed by atoms with Gasteiger partial charge in [0.25, 0.3) is 12.1 Å². The molecule has 1 rings (SSSR count). The zero-order valence-corrected chi connectivity index (χ0v) is 11.6. The topological polar surface area (TPSA) is 89.3 Å². The highest BCUT2D eigenvalue weighted by molar-refractivity contribution is 5.54. The highest BCUT2D eigenvalue weighted by Gasteiger charge is 2.11. The number of nitrogens with one attached hydrogen (secondary N) is 2. The second kappa shape index (κ2) is 9.01. The van der Waals surface area contributed by atoms with Crippen molar-refractivity contribution in [2.45, 2.75) is 19.8 Å². The number of nitrogens with zero attached hydrogens (tertiary/aromatic N) is 2. The first-order valence-corrected chi connectivity index (χ1v) is 6.53. The molecule has 0 amide bonds. The molecule has 9 heteroatoms. The van der Waals surface area contributed by atoms with Crippen LogP contribution in [-0.2, 0) is 4.74 Å². The third kappa shape index (κ3) is 6.80. The number of hydrogen-bond acceptors (Lipinski definition) is 6. The van der Waals surface area contributed by atoms with Crippen LogP contribution in [0.5, 0.6) is 0 Å². The predicted molar refractivity (Wildman–Crippen MR) is 75.0 cm³/mol. The van der Waals surface area contributed by atoms with Crippen LogP contribution < -0.4 is 10.6 Å². The fourth-order valence-corrected chi connectivity index (χ4v) is 1.48. The van der Waals surface area contributed by atoms with Crippen molar-refractivity contribution in [2.75, 3.05) is 36.9 Å². The fraction of sp³-hybridized carbons (Fsp3) is 0.583. The first-order chi connectivity index (χ1) is 10.0. The molecule has 0 saturated heterocycles. The van der Waals surface area contributed by atoms with Crippen LogP contribution in [0.1, 0.15) is 13.3 Å². The van der Waals surface area contributed by atoms with Crippen LogP contribution in [0.2, 0.25) is 0 Å². The molecule has 0 aliphatic heterocycles. The van der Waals surface area contributed by atoms with E-state index in [2.05, 4.69) is 15.6 Å². The van der Waals surface area contributed by atoms with Crippen molar-refractivity contribution in [3.63, 3.8) is 0 Å². The molecule has 1 heterocycles. The van der Waals surface area contributed by atoms with Crippen LogP contribution >= 0.6 is 0 Å². The van der Waals surface area contributed by atoms with Crippen LogP contribution in [-0.4, -0.2) is 42.6 Å². The molecule has 0 atom stereocenters. The summed E-state index contributed by atoms with van der Waals surface area (Å²) >= 11 is 0. The lowest BCUT2D eigenvalue weighted by Crippen LogP contribution is -2.14. The minimum Gasteiger partial charge on any atom is -0.374 e. The molecule has 21 heavy (non-hydrogen) atoms. The Hall–Kier alpha value is -2.03. The van der Waals surface area contributed by atoms with Gasteiger partial charge >= 0.3 is 0 Å². The second-order valence-electron chi connectivity index (χ2n) is 4.17. The first-order valence-electron chi connectivity index (χ1n) is 6.53. The number of halogens is 2. The summed E-state index contributed by atoms with van der Waals surface area (Å²) in [5, 5.41) is 16.6. The molecule has 7 nitrogen and oxygen atoms in total. The van der Waals surface area contributed by atoms with Crippen molar-refractivity contribution >= 4 is 17.3 Å². The van der Waals surface area contributed by atoms with E-state index in [1.807, 2.05) is 6.92 Å². The third-order valence-electron chi connectivity index (χ3n) is 2.37. The van der Waals surface area contributed by atoms with Gasteiger partial charge in [0.15, 0.2) is 0 Å². The summed E-state index contributed by atoms with van der Waals surface area (Å²) in [6, 6.07) is 2.62. The smallest absolute Gasteiger partial charge is 0.276 e. The van der Waals surface area contributed by atoms with E-state index in [0.29, 0.717) is 18.2 Å². The average molecular weight is 304 g/mol. The van der Waals surface area contributed by atoms with Crippen molar-refractivity contribution in [3.05, 3.63) is 22.2 Å². The molecule has 1 aromatic rings. The van der Waals surface area contributed by atoms with Gasteiger partial charge in [0.2, 0.25) is 0 Å². The number of rotatable bonds is 10. The van der Waals surface area contributed by atoms with Crippen molar-refractivity contribution in [1.29, 1.82) is 0 Å². The summed E-state index contributed by atoms with van der Waals surface area (Å²) < 4.78 is 28.4. The van der Waals surface area contributed by atoms with E-state index in [1.54, 1.807) is 0 Å². The maximum Gasteiger partial charge on any atom is 0.276 e. The molecule has 0 aliphatic carbocycles. The number of nitro groups is 1. The molecule has 0 aliphatic rings. The Labute approximate surface area is 120 Å². The van der Waals surface area contributed by atoms with Crippen LogP contribution in [0.25, 0.3) is 0 Å². The van der Waals surface area contributed by atoms with Crippen LogP contribution in [0, 0.1) is 10.1 Å². The number of pyridine rings is 1. The molecule has 0 radical (unpaired) electrons. The molecule has 2 N–H and O–H groups in total. The maximum absolute atomic E-state index is 11.9. The third-order valence-corrected chi connectivity index (χ3v) is 2.37. The van der Waals surface area contributed by atoms with E-state index < -0.39 is 18.0 Å². The lowest BCUT2D eigenvalue weighted by Gasteiger charge is -2.09. The minimum atomic E-state index is -2.51. The van der Waals surface area contributed by atoms with Crippen molar-refractivity contribution < 1.29 is 18.4 Å². The minimum absolute atomic E-state index is 0.0619. The molecule has 0 bridgehead atoms. The molecule has 0 spiro atoms. The SMILES string of the molecule is CCCNc1cc([N+](=O)[O-])cc(NCCOCC(F)F)n1. The normalized spacial score (nSPS) is 10.7. The van der Waals surface area contributed by atoms with E-state index in [-0.39, 0.29) is 18.8 Å². The van der Waals surface area contributed by atoms with Gasteiger partial charge in [0.05, 0.1) is 23.7 Å². The monoisotopic (exact) mass is 304 g/mol. The van der Waals surface area contributed by atoms with Gasteiger partial charge in [-0.2, -0.15) is 0 Å². The van der Waals surface area contributed by atoms with Gasteiger partial charge in [-0.1, -0.05) is 6.92 Å². The predicted octanol–water partition coefficient (Wildman–Crippen LogP) is 2.51. The maximum atomic E-state index is 11.9. The summed E-state index contributed by atoms with van der Waals surface area (Å²) in [7, 11) is 0. The fourth-order valence-electron chi connectivity index (χ4n) is 1.48. The Morgan fingerprint density at radius 3 is 2.48 bits per heavy atom. The van der Waals surface area contributed by atoms with Gasteiger partial charge in [-0.3, -0.25) is 10.1 Å². The van der Waals surface area contributed by atoms with E-state index in [9.17, 15) is 18.9 Å². The highest BCUT2D eigenvalue weighted by Crippen LogP contribution is 2.20. The molecule has 0 aromatic carbocycles. The van der Waals surface area contributed by atoms with E-state index >= 15 is 0 Å². The summed E-state index contributed by atoms with van der Waals surface area (Å²) in [6.07, 6.45) is -1.65. The van der Waals surface area contributed by atoms with Crippen LogP contribution in [0.3, 0.4) is 0 Å². The number of anilines is 2. The van der Waals surface area contributed by atoms with Crippen molar-refractivity contribution in [1.82, 2.24) is 4.98 Å². The van der Waals surface area contributed by atoms with Crippen LogP contribution in [0.4, 0.5) is 26.1 Å². The number of hydrogen-bond donors (Lipinski definition) is 2. The molecule has 0 saturated carbocycles. The Morgan fingerprint density at radius 1 is 1.33 bits per heavy atom. The quantitative estimate of drug-likeness (QED) is 0.392. The van der Waals surface area contributed by atoms with Gasteiger partial charge in [-0.25, -0.2) is 13.8 Å². The lowest BCUT2D eigenvalue weighted by molar-refractivity contribution is -0.384. The van der Waals surface area contributed by atoms with E-state index in [1.165, 1.54) is 12.1 Å². The molecule has 118 valence electrons. The zero-order valence-electron chi connectivity index (χ0n) is 11.6. The summed E-state index contributed by atoms with van der Waals surface area (Å²) in [5.74, 6) is 0.686. The molecular formula is C12H18F2N4O3. The molecule has 1 aromatic heterocycles. The van der Waals surface area contributed by atoms with Gasteiger partial charge in [-0.15, -0.1) is 0 Å².